The average molecular weight is 246 g/mol. The quantitative estimate of drug-likeness (QED) is 0.366. The maximum atomic E-state index is 5.54. The minimum Gasteiger partial charge on any atom is -0.382 e. The molecule has 0 N–H and O–H groups in total. The molecule has 0 aromatic rings. The largest absolute Gasteiger partial charge is 0.382 e. The van der Waals surface area contributed by atoms with Crippen LogP contribution in [0.25, 0.3) is 0 Å². The number of methoxy groups -OCH3 is 1. The lowest BCUT2D eigenvalue weighted by molar-refractivity contribution is -0.0944. The molecule has 3 nitrogen and oxygen atoms in total. The molecule has 0 radical (unpaired) electrons. The summed E-state index contributed by atoms with van der Waals surface area (Å²) in [5, 5.41) is 0. The van der Waals surface area contributed by atoms with Crippen LogP contribution in [-0.4, -0.2) is 33.2 Å². The zero-order valence-electron chi connectivity index (χ0n) is 11.9. The summed E-state index contributed by atoms with van der Waals surface area (Å²) in [5.74, 6) is 0. The molecule has 0 fully saturated rings. The molecule has 0 aliphatic heterocycles. The fraction of sp³-hybridized carbons (Fsp3) is 1.00. The Balaban J connectivity index is 3.09. The zero-order chi connectivity index (χ0) is 12.8. The molecule has 0 rings (SSSR count). The molecule has 0 aromatic carbocycles. The summed E-state index contributed by atoms with van der Waals surface area (Å²) in [4.78, 5) is 0. The normalized spacial score (nSPS) is 12.9. The molecule has 0 saturated heterocycles. The Kier molecular flexibility index (Phi) is 13.8. The SMILES string of the molecule is CCCCCCCCC(C)OCOCCOC. The second kappa shape index (κ2) is 13.9. The third-order valence-corrected chi connectivity index (χ3v) is 2.83. The van der Waals surface area contributed by atoms with E-state index in [2.05, 4.69) is 13.8 Å². The van der Waals surface area contributed by atoms with Crippen molar-refractivity contribution in [3.05, 3.63) is 0 Å². The van der Waals surface area contributed by atoms with Gasteiger partial charge in [0.1, 0.15) is 6.79 Å². The summed E-state index contributed by atoms with van der Waals surface area (Å²) >= 11 is 0. The van der Waals surface area contributed by atoms with E-state index in [9.17, 15) is 0 Å². The van der Waals surface area contributed by atoms with Crippen LogP contribution in [0.15, 0.2) is 0 Å². The summed E-state index contributed by atoms with van der Waals surface area (Å²) < 4.78 is 15.7. The first-order valence-electron chi connectivity index (χ1n) is 6.99. The van der Waals surface area contributed by atoms with Crippen LogP contribution < -0.4 is 0 Å². The van der Waals surface area contributed by atoms with Gasteiger partial charge in [0.15, 0.2) is 0 Å². The van der Waals surface area contributed by atoms with Crippen LogP contribution in [0, 0.1) is 0 Å². The molecule has 1 unspecified atom stereocenters. The van der Waals surface area contributed by atoms with Crippen molar-refractivity contribution in [1.82, 2.24) is 0 Å². The Morgan fingerprint density at radius 3 is 2.35 bits per heavy atom. The predicted octanol–water partition coefficient (Wildman–Crippen LogP) is 3.76. The lowest BCUT2D eigenvalue weighted by Gasteiger charge is -2.12. The predicted molar refractivity (Wildman–Crippen MR) is 71.2 cm³/mol. The van der Waals surface area contributed by atoms with Crippen LogP contribution >= 0.6 is 0 Å². The van der Waals surface area contributed by atoms with Gasteiger partial charge >= 0.3 is 0 Å². The van der Waals surface area contributed by atoms with Crippen LogP contribution in [0.2, 0.25) is 0 Å². The van der Waals surface area contributed by atoms with Crippen molar-refractivity contribution in [2.24, 2.45) is 0 Å². The second-order valence-corrected chi connectivity index (χ2v) is 4.55. The molecule has 0 spiro atoms. The van der Waals surface area contributed by atoms with Crippen molar-refractivity contribution in [3.63, 3.8) is 0 Å². The van der Waals surface area contributed by atoms with Gasteiger partial charge in [0.2, 0.25) is 0 Å². The fourth-order valence-corrected chi connectivity index (χ4v) is 1.66. The standard InChI is InChI=1S/C14H30O3/c1-4-5-6-7-8-9-10-14(2)17-13-16-12-11-15-3/h14H,4-13H2,1-3H3. The average Bonchev–Trinajstić information content (AvgIpc) is 2.33. The van der Waals surface area contributed by atoms with Crippen molar-refractivity contribution in [2.45, 2.75) is 64.9 Å². The maximum absolute atomic E-state index is 5.54. The van der Waals surface area contributed by atoms with Gasteiger partial charge in [-0.1, -0.05) is 45.4 Å². The highest BCUT2D eigenvalue weighted by Gasteiger charge is 2.01. The highest BCUT2D eigenvalue weighted by Crippen LogP contribution is 2.10. The molecule has 0 bridgehead atoms. The van der Waals surface area contributed by atoms with Crippen LogP contribution in [0.4, 0.5) is 0 Å². The smallest absolute Gasteiger partial charge is 0.147 e. The molecule has 0 aliphatic carbocycles. The van der Waals surface area contributed by atoms with Gasteiger partial charge in [-0.05, 0) is 13.3 Å². The molecule has 0 heterocycles. The van der Waals surface area contributed by atoms with E-state index in [1.807, 2.05) is 0 Å². The third-order valence-electron chi connectivity index (χ3n) is 2.83. The van der Waals surface area contributed by atoms with Crippen LogP contribution in [-0.2, 0) is 14.2 Å². The fourth-order valence-electron chi connectivity index (χ4n) is 1.66. The van der Waals surface area contributed by atoms with E-state index < -0.39 is 0 Å². The molecule has 0 saturated carbocycles. The van der Waals surface area contributed by atoms with Crippen molar-refractivity contribution < 1.29 is 14.2 Å². The van der Waals surface area contributed by atoms with Gasteiger partial charge in [-0.15, -0.1) is 0 Å². The molecule has 0 aliphatic rings. The monoisotopic (exact) mass is 246 g/mol. The Bertz CT molecular complexity index is 139. The second-order valence-electron chi connectivity index (χ2n) is 4.55. The van der Waals surface area contributed by atoms with Gasteiger partial charge in [0.05, 0.1) is 19.3 Å². The van der Waals surface area contributed by atoms with Crippen LogP contribution in [0.1, 0.15) is 58.8 Å². The molecule has 1 atom stereocenters. The number of hydrogen-bond acceptors (Lipinski definition) is 3. The third kappa shape index (κ3) is 13.8. The minimum atomic E-state index is 0.309. The lowest BCUT2D eigenvalue weighted by atomic mass is 10.1. The van der Waals surface area contributed by atoms with Gasteiger partial charge < -0.3 is 14.2 Å². The molecule has 104 valence electrons. The Hall–Kier alpha value is -0.120. The first-order valence-corrected chi connectivity index (χ1v) is 6.99. The van der Waals surface area contributed by atoms with E-state index in [1.165, 1.54) is 38.5 Å². The number of ether oxygens (including phenoxy) is 3. The van der Waals surface area contributed by atoms with Gasteiger partial charge in [-0.25, -0.2) is 0 Å². The van der Waals surface area contributed by atoms with Crippen LogP contribution in [0.3, 0.4) is 0 Å². The first kappa shape index (κ1) is 16.9. The van der Waals surface area contributed by atoms with Gasteiger partial charge in [0.25, 0.3) is 0 Å². The molecule has 0 aromatic heterocycles. The van der Waals surface area contributed by atoms with E-state index in [-0.39, 0.29) is 0 Å². The van der Waals surface area contributed by atoms with Crippen molar-refractivity contribution in [3.8, 4) is 0 Å². The van der Waals surface area contributed by atoms with E-state index in [1.54, 1.807) is 7.11 Å². The summed E-state index contributed by atoms with van der Waals surface area (Å²) in [6.45, 7) is 6.00. The molecular formula is C14H30O3. The zero-order valence-corrected chi connectivity index (χ0v) is 11.9. The first-order chi connectivity index (χ1) is 8.31. The molecular weight excluding hydrogens is 216 g/mol. The minimum absolute atomic E-state index is 0.309. The highest BCUT2D eigenvalue weighted by molar-refractivity contribution is 4.51. The van der Waals surface area contributed by atoms with Crippen molar-refractivity contribution in [2.75, 3.05) is 27.1 Å². The topological polar surface area (TPSA) is 27.7 Å². The Morgan fingerprint density at radius 1 is 0.941 bits per heavy atom. The van der Waals surface area contributed by atoms with Gasteiger partial charge in [-0.2, -0.15) is 0 Å². The van der Waals surface area contributed by atoms with E-state index in [0.717, 1.165) is 6.42 Å². The Morgan fingerprint density at radius 2 is 1.65 bits per heavy atom. The molecule has 3 heteroatoms. The molecule has 17 heavy (non-hydrogen) atoms. The number of rotatable bonds is 13. The summed E-state index contributed by atoms with van der Waals surface area (Å²) in [6.07, 6.45) is 9.49. The highest BCUT2D eigenvalue weighted by atomic mass is 16.7. The summed E-state index contributed by atoms with van der Waals surface area (Å²) in [7, 11) is 1.67. The van der Waals surface area contributed by atoms with Crippen LogP contribution in [0.5, 0.6) is 0 Å². The van der Waals surface area contributed by atoms with E-state index in [0.29, 0.717) is 26.1 Å². The molecule has 0 amide bonds. The Labute approximate surface area is 107 Å². The van der Waals surface area contributed by atoms with E-state index in [4.69, 9.17) is 14.2 Å². The maximum Gasteiger partial charge on any atom is 0.147 e. The number of unbranched alkanes of at least 4 members (excludes halogenated alkanes) is 5. The van der Waals surface area contributed by atoms with Gasteiger partial charge in [-0.3, -0.25) is 0 Å². The lowest BCUT2D eigenvalue weighted by Crippen LogP contribution is -2.13. The van der Waals surface area contributed by atoms with Crippen molar-refractivity contribution >= 4 is 0 Å². The van der Waals surface area contributed by atoms with Crippen molar-refractivity contribution in [1.29, 1.82) is 0 Å². The van der Waals surface area contributed by atoms with Gasteiger partial charge in [0, 0.05) is 7.11 Å². The summed E-state index contributed by atoms with van der Waals surface area (Å²) in [6, 6.07) is 0. The summed E-state index contributed by atoms with van der Waals surface area (Å²) in [5.41, 5.74) is 0. The number of hydrogen-bond donors (Lipinski definition) is 0. The van der Waals surface area contributed by atoms with E-state index >= 15 is 0 Å².